The van der Waals surface area contributed by atoms with E-state index in [1.807, 2.05) is 6.08 Å². The Labute approximate surface area is 346 Å². The normalized spacial score (nSPS) is 14.3. The number of nitrogens with one attached hydrogen (secondary N) is 1. The van der Waals surface area contributed by atoms with Crippen LogP contribution in [0.15, 0.2) is 36.5 Å². The first-order valence-electron chi connectivity index (χ1n) is 23.6. The molecule has 0 spiro atoms. The number of carbonyl (C=O) groups excluding carboxylic acids is 1. The Balaban J connectivity index is 4.21. The summed E-state index contributed by atoms with van der Waals surface area (Å²) in [7, 11) is -4.35. The molecule has 0 bridgehead atoms. The predicted octanol–water partition coefficient (Wildman–Crippen LogP) is 13.5. The third kappa shape index (κ3) is 40.9. The lowest BCUT2D eigenvalue weighted by Gasteiger charge is -2.23. The molecule has 3 unspecified atom stereocenters. The van der Waals surface area contributed by atoms with Crippen molar-refractivity contribution in [3.05, 3.63) is 36.5 Å². The minimum Gasteiger partial charge on any atom is -0.387 e. The summed E-state index contributed by atoms with van der Waals surface area (Å²) in [5.41, 5.74) is 5.38. The Hall–Kier alpha value is -1.28. The van der Waals surface area contributed by atoms with Gasteiger partial charge in [0.2, 0.25) is 5.91 Å². The zero-order chi connectivity index (χ0) is 41.1. The highest BCUT2D eigenvalue weighted by atomic mass is 31.2. The monoisotopic (exact) mass is 811 g/mol. The van der Waals surface area contributed by atoms with Crippen LogP contribution in [0.3, 0.4) is 0 Å². The summed E-state index contributed by atoms with van der Waals surface area (Å²) in [5, 5.41) is 13.7. The van der Waals surface area contributed by atoms with Crippen molar-refractivity contribution in [2.45, 2.75) is 238 Å². The summed E-state index contributed by atoms with van der Waals surface area (Å²) < 4.78 is 22.2. The average molecular weight is 811 g/mol. The number of hydrogen-bond acceptors (Lipinski definition) is 6. The quantitative estimate of drug-likeness (QED) is 0.0274. The number of rotatable bonds is 44. The van der Waals surface area contributed by atoms with E-state index in [-0.39, 0.29) is 25.7 Å². The SMILES string of the molecule is CCCCCCCCC/C=C\CCCCCCCCCC(=O)NC(COP(=O)(O)OCCN)C(O)/C=C/CC/C=C/CCCCCCCCCCCCCCC. The zero-order valence-electron chi connectivity index (χ0n) is 36.6. The molecule has 0 aliphatic carbocycles. The fourth-order valence-corrected chi connectivity index (χ4v) is 7.61. The molecule has 330 valence electrons. The van der Waals surface area contributed by atoms with E-state index < -0.39 is 20.0 Å². The van der Waals surface area contributed by atoms with Crippen molar-refractivity contribution in [1.82, 2.24) is 5.32 Å². The number of aliphatic hydroxyl groups excluding tert-OH is 1. The van der Waals surface area contributed by atoms with E-state index in [1.54, 1.807) is 6.08 Å². The maximum absolute atomic E-state index is 12.8. The van der Waals surface area contributed by atoms with E-state index in [0.29, 0.717) is 6.42 Å². The number of phosphoric ester groups is 1. The second-order valence-corrected chi connectivity index (χ2v) is 17.4. The van der Waals surface area contributed by atoms with Crippen molar-refractivity contribution >= 4 is 13.7 Å². The largest absolute Gasteiger partial charge is 0.472 e. The van der Waals surface area contributed by atoms with Crippen LogP contribution in [0.1, 0.15) is 226 Å². The van der Waals surface area contributed by atoms with Gasteiger partial charge in [0.25, 0.3) is 0 Å². The van der Waals surface area contributed by atoms with Crippen molar-refractivity contribution in [2.75, 3.05) is 19.8 Å². The van der Waals surface area contributed by atoms with Gasteiger partial charge in [-0.05, 0) is 57.8 Å². The molecule has 0 aliphatic rings. The lowest BCUT2D eigenvalue weighted by atomic mass is 10.0. The molecule has 8 nitrogen and oxygen atoms in total. The van der Waals surface area contributed by atoms with Crippen LogP contribution >= 0.6 is 7.82 Å². The first kappa shape index (κ1) is 54.7. The van der Waals surface area contributed by atoms with Crippen LogP contribution in [0.25, 0.3) is 0 Å². The number of hydrogen-bond donors (Lipinski definition) is 4. The Morgan fingerprint density at radius 1 is 0.571 bits per heavy atom. The second kappa shape index (κ2) is 43.3. The standard InChI is InChI=1S/C47H91N2O6P/c1-3-5-7-9-11-13-15-17-19-21-23-24-26-28-30-32-34-36-38-40-46(50)45(44-55-56(52,53)54-43-42-48)49-47(51)41-39-37-35-33-31-29-27-25-22-20-18-16-14-12-10-8-6-4-2/h20,22,30,32,38,40,45-46,50H,3-19,21,23-29,31,33-37,39,41-44,48H2,1-2H3,(H,49,51)(H,52,53)/b22-20-,32-30+,40-38+. The Morgan fingerprint density at radius 3 is 1.38 bits per heavy atom. The summed E-state index contributed by atoms with van der Waals surface area (Å²) in [6.45, 7) is 4.13. The Morgan fingerprint density at radius 2 is 0.946 bits per heavy atom. The fourth-order valence-electron chi connectivity index (χ4n) is 6.85. The highest BCUT2D eigenvalue weighted by Gasteiger charge is 2.26. The molecule has 0 saturated heterocycles. The molecule has 0 fully saturated rings. The van der Waals surface area contributed by atoms with Crippen molar-refractivity contribution < 1.29 is 28.4 Å². The first-order valence-corrected chi connectivity index (χ1v) is 25.1. The third-order valence-corrected chi connectivity index (χ3v) is 11.4. The molecule has 9 heteroatoms. The van der Waals surface area contributed by atoms with E-state index in [1.165, 1.54) is 167 Å². The minimum atomic E-state index is -4.35. The number of aliphatic hydroxyl groups is 1. The van der Waals surface area contributed by atoms with E-state index in [0.717, 1.165) is 38.5 Å². The maximum atomic E-state index is 12.8. The third-order valence-electron chi connectivity index (χ3n) is 10.4. The molecular formula is C47H91N2O6P. The minimum absolute atomic E-state index is 0.0734. The number of phosphoric acid groups is 1. The van der Waals surface area contributed by atoms with Gasteiger partial charge in [-0.3, -0.25) is 13.8 Å². The lowest BCUT2D eigenvalue weighted by molar-refractivity contribution is -0.123. The lowest BCUT2D eigenvalue weighted by Crippen LogP contribution is -2.45. The van der Waals surface area contributed by atoms with Gasteiger partial charge in [0.1, 0.15) is 0 Å². The van der Waals surface area contributed by atoms with Crippen molar-refractivity contribution in [2.24, 2.45) is 5.73 Å². The van der Waals surface area contributed by atoms with Crippen LogP contribution in [-0.2, 0) is 18.4 Å². The summed E-state index contributed by atoms with van der Waals surface area (Å²) in [6, 6.07) is -0.878. The number of amides is 1. The van der Waals surface area contributed by atoms with Gasteiger partial charge in [0.05, 0.1) is 25.4 Å². The van der Waals surface area contributed by atoms with Crippen LogP contribution in [0.5, 0.6) is 0 Å². The van der Waals surface area contributed by atoms with Crippen molar-refractivity contribution in [3.8, 4) is 0 Å². The number of unbranched alkanes of at least 4 members (excludes halogenated alkanes) is 28. The molecule has 0 saturated carbocycles. The maximum Gasteiger partial charge on any atom is 0.472 e. The van der Waals surface area contributed by atoms with Gasteiger partial charge >= 0.3 is 7.82 Å². The fraction of sp³-hybridized carbons (Fsp3) is 0.851. The molecule has 0 aromatic heterocycles. The summed E-state index contributed by atoms with van der Waals surface area (Å²) in [4.78, 5) is 22.7. The van der Waals surface area contributed by atoms with Crippen LogP contribution < -0.4 is 11.1 Å². The van der Waals surface area contributed by atoms with Gasteiger partial charge in [-0.25, -0.2) is 4.57 Å². The Kier molecular flexibility index (Phi) is 42.3. The van der Waals surface area contributed by atoms with Gasteiger partial charge in [-0.15, -0.1) is 0 Å². The van der Waals surface area contributed by atoms with E-state index in [9.17, 15) is 19.4 Å². The van der Waals surface area contributed by atoms with Gasteiger partial charge < -0.3 is 21.1 Å². The highest BCUT2D eigenvalue weighted by Crippen LogP contribution is 2.43. The van der Waals surface area contributed by atoms with E-state index >= 15 is 0 Å². The molecule has 0 heterocycles. The summed E-state index contributed by atoms with van der Waals surface area (Å²) in [6.07, 6.45) is 52.0. The molecule has 5 N–H and O–H groups in total. The molecular weight excluding hydrogens is 719 g/mol. The molecule has 56 heavy (non-hydrogen) atoms. The number of carbonyl (C=O) groups is 1. The molecule has 0 aromatic carbocycles. The smallest absolute Gasteiger partial charge is 0.387 e. The zero-order valence-corrected chi connectivity index (χ0v) is 37.5. The molecule has 0 rings (SSSR count). The topological polar surface area (TPSA) is 131 Å². The summed E-state index contributed by atoms with van der Waals surface area (Å²) >= 11 is 0. The molecule has 0 aromatic rings. The molecule has 3 atom stereocenters. The highest BCUT2D eigenvalue weighted by molar-refractivity contribution is 7.47. The average Bonchev–Trinajstić information content (AvgIpc) is 3.19. The molecule has 1 amide bonds. The Bertz CT molecular complexity index is 974. The van der Waals surface area contributed by atoms with Gasteiger partial charge in [0.15, 0.2) is 0 Å². The van der Waals surface area contributed by atoms with Crippen LogP contribution in [0.2, 0.25) is 0 Å². The van der Waals surface area contributed by atoms with Crippen LogP contribution in [-0.4, -0.2) is 47.8 Å². The van der Waals surface area contributed by atoms with Crippen LogP contribution in [0.4, 0.5) is 0 Å². The first-order chi connectivity index (χ1) is 27.4. The number of nitrogens with two attached hydrogens (primary N) is 1. The second-order valence-electron chi connectivity index (χ2n) is 16.0. The van der Waals surface area contributed by atoms with Gasteiger partial charge in [-0.2, -0.15) is 0 Å². The van der Waals surface area contributed by atoms with Crippen molar-refractivity contribution in [3.63, 3.8) is 0 Å². The van der Waals surface area contributed by atoms with E-state index in [4.69, 9.17) is 14.8 Å². The van der Waals surface area contributed by atoms with Gasteiger partial charge in [0, 0.05) is 13.0 Å². The molecule has 0 aliphatic heterocycles. The van der Waals surface area contributed by atoms with E-state index in [2.05, 4.69) is 43.5 Å². The summed E-state index contributed by atoms with van der Waals surface area (Å²) in [5.74, 6) is -0.207. The van der Waals surface area contributed by atoms with Crippen molar-refractivity contribution in [1.29, 1.82) is 0 Å². The predicted molar refractivity (Wildman–Crippen MR) is 240 cm³/mol. The van der Waals surface area contributed by atoms with Gasteiger partial charge in [-0.1, -0.05) is 198 Å². The number of allylic oxidation sites excluding steroid dienone is 5. The van der Waals surface area contributed by atoms with Crippen LogP contribution in [0, 0.1) is 0 Å². The molecule has 0 radical (unpaired) electrons.